The maximum Gasteiger partial charge on any atom is 0.243 e. The number of nitrogens with zero attached hydrogens (tertiary/aromatic N) is 1. The van der Waals surface area contributed by atoms with Crippen LogP contribution in [0.5, 0.6) is 0 Å². The van der Waals surface area contributed by atoms with Crippen molar-refractivity contribution in [3.05, 3.63) is 105 Å². The van der Waals surface area contributed by atoms with Gasteiger partial charge in [0.05, 0.1) is 6.42 Å². The third-order valence-corrected chi connectivity index (χ3v) is 6.16. The van der Waals surface area contributed by atoms with Crippen molar-refractivity contribution in [2.24, 2.45) is 0 Å². The fourth-order valence-electron chi connectivity index (χ4n) is 3.80. The molecule has 0 aliphatic carbocycles. The number of nitrogens with one attached hydrogen (secondary N) is 1. The van der Waals surface area contributed by atoms with Gasteiger partial charge >= 0.3 is 0 Å². The van der Waals surface area contributed by atoms with E-state index in [2.05, 4.69) is 5.32 Å². The number of carbonyl (C=O) groups excluding carboxylic acids is 2. The highest BCUT2D eigenvalue weighted by Gasteiger charge is 2.31. The van der Waals surface area contributed by atoms with Gasteiger partial charge in [-0.1, -0.05) is 89.4 Å². The van der Waals surface area contributed by atoms with E-state index in [1.54, 1.807) is 23.1 Å². The van der Waals surface area contributed by atoms with Gasteiger partial charge in [-0.3, -0.25) is 9.59 Å². The van der Waals surface area contributed by atoms with Crippen LogP contribution in [-0.4, -0.2) is 29.3 Å². The molecule has 172 valence electrons. The highest BCUT2D eigenvalue weighted by atomic mass is 35.5. The van der Waals surface area contributed by atoms with Crippen molar-refractivity contribution in [3.63, 3.8) is 0 Å². The summed E-state index contributed by atoms with van der Waals surface area (Å²) in [5.74, 6) is -0.370. The lowest BCUT2D eigenvalue weighted by Gasteiger charge is -2.32. The Morgan fingerprint density at radius 2 is 1.55 bits per heavy atom. The Morgan fingerprint density at radius 1 is 0.909 bits per heavy atom. The molecule has 0 aromatic heterocycles. The van der Waals surface area contributed by atoms with Gasteiger partial charge in [0.25, 0.3) is 0 Å². The molecule has 0 bridgehead atoms. The summed E-state index contributed by atoms with van der Waals surface area (Å²) >= 11 is 12.9. The van der Waals surface area contributed by atoms with Crippen LogP contribution in [0, 0.1) is 6.92 Å². The summed E-state index contributed by atoms with van der Waals surface area (Å²) in [5.41, 5.74) is 3.56. The Bertz CT molecular complexity index is 1080. The first-order chi connectivity index (χ1) is 15.9. The maximum atomic E-state index is 13.7. The average molecular weight is 483 g/mol. The monoisotopic (exact) mass is 482 g/mol. The van der Waals surface area contributed by atoms with Gasteiger partial charge in [-0.2, -0.15) is 0 Å². The Morgan fingerprint density at radius 3 is 2.18 bits per heavy atom. The van der Waals surface area contributed by atoms with Gasteiger partial charge in [0.2, 0.25) is 11.8 Å². The summed E-state index contributed by atoms with van der Waals surface area (Å²) in [4.78, 5) is 28.4. The van der Waals surface area contributed by atoms with Gasteiger partial charge < -0.3 is 10.2 Å². The molecule has 0 saturated carbocycles. The molecule has 0 heterocycles. The lowest BCUT2D eigenvalue weighted by molar-refractivity contribution is -0.140. The van der Waals surface area contributed by atoms with Gasteiger partial charge in [-0.25, -0.2) is 0 Å². The number of halogens is 2. The number of amides is 2. The number of benzene rings is 3. The molecule has 1 N–H and O–H groups in total. The van der Waals surface area contributed by atoms with E-state index in [0.717, 1.165) is 16.7 Å². The van der Waals surface area contributed by atoms with Crippen molar-refractivity contribution in [1.29, 1.82) is 0 Å². The summed E-state index contributed by atoms with van der Waals surface area (Å²) in [6.45, 7) is 4.46. The Kier molecular flexibility index (Phi) is 8.93. The van der Waals surface area contributed by atoms with Crippen LogP contribution >= 0.6 is 23.2 Å². The first kappa shape index (κ1) is 24.8. The predicted octanol–water partition coefficient (Wildman–Crippen LogP) is 5.62. The molecule has 3 rings (SSSR count). The number of likely N-dealkylation sites (N-methyl/N-ethyl adjacent to an activating group) is 1. The zero-order valence-corrected chi connectivity index (χ0v) is 20.4. The fourth-order valence-corrected chi connectivity index (χ4v) is 4.31. The number of carbonyl (C=O) groups is 2. The van der Waals surface area contributed by atoms with Gasteiger partial charge in [-0.05, 0) is 37.1 Å². The second-order valence-corrected chi connectivity index (χ2v) is 8.80. The van der Waals surface area contributed by atoms with E-state index in [0.29, 0.717) is 28.6 Å². The standard InChI is InChI=1S/C27H28Cl2N2O2/c1-3-30-27(33)25(16-20-10-5-4-6-11-20)31(18-22-23(28)13-8-14-24(22)29)26(32)17-21-12-7-9-19(2)15-21/h4-15,25H,3,16-18H2,1-2H3,(H,30,33)/t25-/m0/s1. The largest absolute Gasteiger partial charge is 0.355 e. The lowest BCUT2D eigenvalue weighted by Crippen LogP contribution is -2.51. The van der Waals surface area contributed by atoms with Crippen LogP contribution in [0.4, 0.5) is 0 Å². The van der Waals surface area contributed by atoms with Crippen molar-refractivity contribution in [2.45, 2.75) is 39.3 Å². The molecule has 0 fully saturated rings. The zero-order valence-electron chi connectivity index (χ0n) is 18.9. The van der Waals surface area contributed by atoms with Crippen molar-refractivity contribution in [2.75, 3.05) is 6.54 Å². The highest BCUT2D eigenvalue weighted by molar-refractivity contribution is 6.36. The van der Waals surface area contributed by atoms with Crippen molar-refractivity contribution in [3.8, 4) is 0 Å². The van der Waals surface area contributed by atoms with Crippen molar-refractivity contribution >= 4 is 35.0 Å². The molecular formula is C27H28Cl2N2O2. The topological polar surface area (TPSA) is 49.4 Å². The van der Waals surface area contributed by atoms with Crippen LogP contribution in [0.15, 0.2) is 72.8 Å². The van der Waals surface area contributed by atoms with E-state index in [1.807, 2.05) is 68.4 Å². The summed E-state index contributed by atoms with van der Waals surface area (Å²) in [7, 11) is 0. The van der Waals surface area contributed by atoms with Gasteiger partial charge in [0.15, 0.2) is 0 Å². The van der Waals surface area contributed by atoms with Crippen LogP contribution in [0.2, 0.25) is 10.0 Å². The normalized spacial score (nSPS) is 11.6. The molecule has 0 aliphatic heterocycles. The van der Waals surface area contributed by atoms with E-state index in [1.165, 1.54) is 0 Å². The SMILES string of the molecule is CCNC(=O)[C@H](Cc1ccccc1)N(Cc1c(Cl)cccc1Cl)C(=O)Cc1cccc(C)c1. The fraction of sp³-hybridized carbons (Fsp3) is 0.259. The summed E-state index contributed by atoms with van der Waals surface area (Å²) in [5, 5.41) is 3.82. The van der Waals surface area contributed by atoms with E-state index < -0.39 is 6.04 Å². The first-order valence-corrected chi connectivity index (χ1v) is 11.7. The van der Waals surface area contributed by atoms with Crippen LogP contribution in [0.3, 0.4) is 0 Å². The Hall–Kier alpha value is -2.82. The maximum absolute atomic E-state index is 13.7. The smallest absolute Gasteiger partial charge is 0.243 e. The highest BCUT2D eigenvalue weighted by Crippen LogP contribution is 2.27. The molecular weight excluding hydrogens is 455 g/mol. The van der Waals surface area contributed by atoms with E-state index in [4.69, 9.17) is 23.2 Å². The molecule has 2 amide bonds. The lowest BCUT2D eigenvalue weighted by atomic mass is 10.0. The third kappa shape index (κ3) is 6.83. The minimum atomic E-state index is -0.711. The molecule has 4 nitrogen and oxygen atoms in total. The third-order valence-electron chi connectivity index (χ3n) is 5.45. The quantitative estimate of drug-likeness (QED) is 0.430. The van der Waals surface area contributed by atoms with E-state index in [9.17, 15) is 9.59 Å². The second kappa shape index (κ2) is 11.9. The second-order valence-electron chi connectivity index (χ2n) is 7.99. The summed E-state index contributed by atoms with van der Waals surface area (Å²) < 4.78 is 0. The van der Waals surface area contributed by atoms with E-state index >= 15 is 0 Å². The minimum Gasteiger partial charge on any atom is -0.355 e. The first-order valence-electron chi connectivity index (χ1n) is 11.0. The number of aryl methyl sites for hydroxylation is 1. The Balaban J connectivity index is 2.00. The molecule has 3 aromatic carbocycles. The van der Waals surface area contributed by atoms with Crippen LogP contribution in [-0.2, 0) is 29.0 Å². The van der Waals surface area contributed by atoms with Crippen molar-refractivity contribution in [1.82, 2.24) is 10.2 Å². The molecule has 0 radical (unpaired) electrons. The number of rotatable bonds is 9. The number of hydrogen-bond donors (Lipinski definition) is 1. The molecule has 3 aromatic rings. The molecule has 0 saturated heterocycles. The molecule has 6 heteroatoms. The molecule has 0 aliphatic rings. The zero-order chi connectivity index (χ0) is 23.8. The predicted molar refractivity (Wildman–Crippen MR) is 135 cm³/mol. The molecule has 0 spiro atoms. The van der Waals surface area contributed by atoms with Crippen molar-refractivity contribution < 1.29 is 9.59 Å². The van der Waals surface area contributed by atoms with Crippen LogP contribution in [0.25, 0.3) is 0 Å². The van der Waals surface area contributed by atoms with Gasteiger partial charge in [-0.15, -0.1) is 0 Å². The van der Waals surface area contributed by atoms with Crippen LogP contribution in [0.1, 0.15) is 29.2 Å². The Labute approximate surface area is 205 Å². The molecule has 33 heavy (non-hydrogen) atoms. The van der Waals surface area contributed by atoms with E-state index in [-0.39, 0.29) is 24.8 Å². The minimum absolute atomic E-state index is 0.137. The van der Waals surface area contributed by atoms with Gasteiger partial charge in [0.1, 0.15) is 6.04 Å². The molecule has 1 atom stereocenters. The molecule has 0 unspecified atom stereocenters. The number of hydrogen-bond acceptors (Lipinski definition) is 2. The summed E-state index contributed by atoms with van der Waals surface area (Å²) in [6.07, 6.45) is 0.558. The van der Waals surface area contributed by atoms with Crippen LogP contribution < -0.4 is 5.32 Å². The van der Waals surface area contributed by atoms with Gasteiger partial charge in [0, 0.05) is 35.1 Å². The average Bonchev–Trinajstić information content (AvgIpc) is 2.78. The summed E-state index contributed by atoms with van der Waals surface area (Å²) in [6, 6.07) is 22.0.